The second-order valence-corrected chi connectivity index (χ2v) is 17.3. The molecule has 12 nitrogen and oxygen atoms in total. The normalized spacial score (nSPS) is 49.2. The molecule has 268 valence electrons. The van der Waals surface area contributed by atoms with Crippen molar-refractivity contribution < 1.29 is 56.9 Å². The van der Waals surface area contributed by atoms with Crippen LogP contribution in [0.4, 0.5) is 0 Å². The maximum absolute atomic E-state index is 12.6. The van der Waals surface area contributed by atoms with E-state index in [4.69, 9.17) is 18.4 Å². The van der Waals surface area contributed by atoms with Gasteiger partial charge in [0.1, 0.15) is 12.2 Å². The molecule has 1 saturated heterocycles. The van der Waals surface area contributed by atoms with Crippen LogP contribution in [0.2, 0.25) is 0 Å². The van der Waals surface area contributed by atoms with Crippen LogP contribution in [0.25, 0.3) is 0 Å². The SMILES string of the molecule is COC1C(O)COC(O[C@@H](CC[C@@H](C)C2CC(O)C3[C@]2(C)CCC2[C@@]4(C)CC[C@H](O)CC4[C@@H](O)C[C@]23O)C(C)C)C1OS(=O)(=O)O. The third-order valence-corrected chi connectivity index (χ3v) is 13.8. The van der Waals surface area contributed by atoms with Crippen molar-refractivity contribution in [2.24, 2.45) is 46.3 Å². The fourth-order valence-corrected chi connectivity index (χ4v) is 11.7. The van der Waals surface area contributed by atoms with E-state index in [-0.39, 0.29) is 65.5 Å². The van der Waals surface area contributed by atoms with E-state index in [1.807, 2.05) is 13.8 Å². The highest BCUT2D eigenvalue weighted by Crippen LogP contribution is 2.69. The van der Waals surface area contributed by atoms with Crippen molar-refractivity contribution in [1.82, 2.24) is 0 Å². The van der Waals surface area contributed by atoms with Crippen molar-refractivity contribution in [2.75, 3.05) is 13.7 Å². The molecule has 4 saturated carbocycles. The smallest absolute Gasteiger partial charge is 0.393 e. The summed E-state index contributed by atoms with van der Waals surface area (Å²) in [6.07, 6.45) is -1.37. The van der Waals surface area contributed by atoms with Crippen LogP contribution in [0.3, 0.4) is 0 Å². The average Bonchev–Trinajstić information content (AvgIpc) is 3.23. The second-order valence-electron chi connectivity index (χ2n) is 16.2. The maximum atomic E-state index is 12.6. The summed E-state index contributed by atoms with van der Waals surface area (Å²) in [6.45, 7) is 10.4. The molecule has 5 rings (SSSR count). The first-order valence-electron chi connectivity index (χ1n) is 17.3. The Balaban J connectivity index is 1.30. The molecule has 0 spiro atoms. The van der Waals surface area contributed by atoms with Gasteiger partial charge in [-0.3, -0.25) is 4.55 Å². The van der Waals surface area contributed by atoms with Gasteiger partial charge in [-0.25, -0.2) is 4.18 Å². The molecule has 0 aromatic heterocycles. The molecular weight excluding hydrogens is 620 g/mol. The summed E-state index contributed by atoms with van der Waals surface area (Å²) >= 11 is 0. The van der Waals surface area contributed by atoms with Crippen LogP contribution in [0.5, 0.6) is 0 Å². The molecule has 4 aliphatic carbocycles. The van der Waals surface area contributed by atoms with Crippen LogP contribution < -0.4 is 0 Å². The van der Waals surface area contributed by atoms with Gasteiger partial charge in [-0.2, -0.15) is 8.42 Å². The second kappa shape index (κ2) is 13.4. The van der Waals surface area contributed by atoms with Crippen LogP contribution in [0.15, 0.2) is 0 Å². The summed E-state index contributed by atoms with van der Waals surface area (Å²) < 4.78 is 54.7. The molecular formula is C33H58O12S. The minimum Gasteiger partial charge on any atom is -0.393 e. The number of aliphatic hydroxyl groups is 5. The first-order valence-corrected chi connectivity index (χ1v) is 18.6. The zero-order valence-corrected chi connectivity index (χ0v) is 29.0. The summed E-state index contributed by atoms with van der Waals surface area (Å²) in [5, 5.41) is 56.3. The highest BCUT2D eigenvalue weighted by molar-refractivity contribution is 7.80. The van der Waals surface area contributed by atoms with Gasteiger partial charge in [0.15, 0.2) is 12.4 Å². The quantitative estimate of drug-likeness (QED) is 0.185. The predicted molar refractivity (Wildman–Crippen MR) is 167 cm³/mol. The summed E-state index contributed by atoms with van der Waals surface area (Å²) in [6, 6.07) is 0. The number of fused-ring (bicyclic) bond motifs is 5. The Bertz CT molecular complexity index is 1170. The molecule has 0 aromatic carbocycles. The monoisotopic (exact) mass is 678 g/mol. The largest absolute Gasteiger partial charge is 0.397 e. The molecule has 0 amide bonds. The number of hydrogen-bond acceptors (Lipinski definition) is 11. The van der Waals surface area contributed by atoms with Gasteiger partial charge >= 0.3 is 10.4 Å². The highest BCUT2D eigenvalue weighted by Gasteiger charge is 2.70. The lowest BCUT2D eigenvalue weighted by Gasteiger charge is -2.66. The van der Waals surface area contributed by atoms with E-state index in [1.54, 1.807) is 0 Å². The van der Waals surface area contributed by atoms with E-state index >= 15 is 0 Å². The highest BCUT2D eigenvalue weighted by atomic mass is 32.3. The number of methoxy groups -OCH3 is 1. The van der Waals surface area contributed by atoms with Gasteiger partial charge in [0.2, 0.25) is 0 Å². The topological polar surface area (TPSA) is 192 Å². The van der Waals surface area contributed by atoms with Crippen molar-refractivity contribution in [1.29, 1.82) is 0 Å². The maximum Gasteiger partial charge on any atom is 0.397 e. The van der Waals surface area contributed by atoms with Crippen molar-refractivity contribution >= 4 is 10.4 Å². The van der Waals surface area contributed by atoms with E-state index in [2.05, 4.69) is 20.8 Å². The van der Waals surface area contributed by atoms with Gasteiger partial charge in [0, 0.05) is 19.4 Å². The van der Waals surface area contributed by atoms with Crippen molar-refractivity contribution in [2.45, 2.75) is 147 Å². The van der Waals surface area contributed by atoms with E-state index in [0.717, 1.165) is 25.7 Å². The molecule has 9 unspecified atom stereocenters. The molecule has 5 fully saturated rings. The van der Waals surface area contributed by atoms with Gasteiger partial charge < -0.3 is 39.7 Å². The standard InChI is InChI=1S/C33H58O12S/c1-17(2)25(44-30-28(45-46(39,40)41)27(42-6)24(37)16-43-30)8-7-18(3)20-14-22(35)29-32(20,5)12-10-26-31(4)11-9-19(34)13-21(31)23(36)15-33(26,29)38/h17-30,34-38H,7-16H2,1-6H3,(H,39,40,41)/t18-,19+,20?,21?,22?,23+,24?,25+,26?,27?,28?,29?,30?,31+,32-,33+/m1/s1. The lowest BCUT2D eigenvalue weighted by molar-refractivity contribution is -0.284. The minimum atomic E-state index is -4.89. The Morgan fingerprint density at radius 1 is 0.913 bits per heavy atom. The Morgan fingerprint density at radius 2 is 1.59 bits per heavy atom. The first kappa shape index (κ1) is 36.8. The molecule has 0 bridgehead atoms. The number of hydrogen-bond donors (Lipinski definition) is 6. The van der Waals surface area contributed by atoms with E-state index in [0.29, 0.717) is 25.7 Å². The molecule has 46 heavy (non-hydrogen) atoms. The van der Waals surface area contributed by atoms with Crippen LogP contribution in [0.1, 0.15) is 92.4 Å². The first-order chi connectivity index (χ1) is 21.4. The predicted octanol–water partition coefficient (Wildman–Crippen LogP) is 2.44. The van der Waals surface area contributed by atoms with Gasteiger partial charge in [0.25, 0.3) is 0 Å². The Hall–Kier alpha value is -0.450. The molecule has 0 radical (unpaired) electrons. The van der Waals surface area contributed by atoms with Gasteiger partial charge in [-0.15, -0.1) is 0 Å². The summed E-state index contributed by atoms with van der Waals surface area (Å²) in [5.74, 6) is -0.198. The molecule has 0 aromatic rings. The van der Waals surface area contributed by atoms with Gasteiger partial charge in [0.05, 0.1) is 36.6 Å². The lowest BCUT2D eigenvalue weighted by atomic mass is 9.42. The van der Waals surface area contributed by atoms with Crippen LogP contribution in [-0.4, -0.2) is 107 Å². The van der Waals surface area contributed by atoms with Crippen molar-refractivity contribution in [3.8, 4) is 0 Å². The van der Waals surface area contributed by atoms with Crippen molar-refractivity contribution in [3.63, 3.8) is 0 Å². The molecule has 5 aliphatic rings. The number of aliphatic hydroxyl groups excluding tert-OH is 4. The third-order valence-electron chi connectivity index (χ3n) is 13.3. The van der Waals surface area contributed by atoms with E-state index < -0.39 is 58.9 Å². The molecule has 6 N–H and O–H groups in total. The van der Waals surface area contributed by atoms with Crippen LogP contribution >= 0.6 is 0 Å². The number of ether oxygens (including phenoxy) is 3. The molecule has 1 heterocycles. The summed E-state index contributed by atoms with van der Waals surface area (Å²) in [7, 11) is -3.59. The Morgan fingerprint density at radius 3 is 2.22 bits per heavy atom. The summed E-state index contributed by atoms with van der Waals surface area (Å²) in [4.78, 5) is 0. The molecule has 1 aliphatic heterocycles. The average molecular weight is 679 g/mol. The fraction of sp³-hybridized carbons (Fsp3) is 1.00. The fourth-order valence-electron chi connectivity index (χ4n) is 11.2. The van der Waals surface area contributed by atoms with E-state index in [1.165, 1.54) is 7.11 Å². The molecule has 16 atom stereocenters. The van der Waals surface area contributed by atoms with E-state index in [9.17, 15) is 38.5 Å². The summed E-state index contributed by atoms with van der Waals surface area (Å²) in [5.41, 5.74) is -1.83. The van der Waals surface area contributed by atoms with Gasteiger partial charge in [-0.1, -0.05) is 34.6 Å². The Kier molecular flexibility index (Phi) is 10.7. The van der Waals surface area contributed by atoms with Crippen molar-refractivity contribution in [3.05, 3.63) is 0 Å². The molecule has 13 heteroatoms. The minimum absolute atomic E-state index is 0.00936. The van der Waals surface area contributed by atoms with Crippen LogP contribution in [0, 0.1) is 46.3 Å². The van der Waals surface area contributed by atoms with Gasteiger partial charge in [-0.05, 0) is 91.8 Å². The zero-order valence-electron chi connectivity index (χ0n) is 28.2. The Labute approximate surface area is 274 Å². The zero-order chi connectivity index (χ0) is 34.0. The third kappa shape index (κ3) is 6.57. The number of rotatable bonds is 10. The van der Waals surface area contributed by atoms with Crippen LogP contribution in [-0.2, 0) is 28.8 Å². The lowest BCUT2D eigenvalue weighted by Crippen LogP contribution is -2.68.